The third-order valence-corrected chi connectivity index (χ3v) is 4.58. The Labute approximate surface area is 161 Å². The lowest BCUT2D eigenvalue weighted by atomic mass is 10.2. The van der Waals surface area contributed by atoms with Gasteiger partial charge in [0.05, 0.1) is 31.7 Å². The van der Waals surface area contributed by atoms with Crippen molar-refractivity contribution in [3.8, 4) is 5.75 Å². The summed E-state index contributed by atoms with van der Waals surface area (Å²) in [6.07, 6.45) is 3.29. The summed E-state index contributed by atoms with van der Waals surface area (Å²) in [5.41, 5.74) is 2.68. The summed E-state index contributed by atoms with van der Waals surface area (Å²) in [6, 6.07) is 13.5. The van der Waals surface area contributed by atoms with E-state index in [-0.39, 0.29) is 5.91 Å². The van der Waals surface area contributed by atoms with Crippen molar-refractivity contribution in [1.82, 2.24) is 0 Å². The standard InChI is InChI=1S/C20H21BrN2O3/c1-25-17-4-2-3-15(13-17)5-8-20(24)22-18-14-16(21)6-7-19(18)23-9-11-26-12-10-23/h2-8,13-14H,9-12H2,1H3,(H,22,24)/b8-5+. The fourth-order valence-corrected chi connectivity index (χ4v) is 3.14. The first-order chi connectivity index (χ1) is 12.7. The maximum atomic E-state index is 12.4. The van der Waals surface area contributed by atoms with Crippen LogP contribution < -0.4 is 15.0 Å². The van der Waals surface area contributed by atoms with Gasteiger partial charge >= 0.3 is 0 Å². The summed E-state index contributed by atoms with van der Waals surface area (Å²) in [5, 5.41) is 2.98. The molecule has 1 aliphatic rings. The molecule has 0 spiro atoms. The predicted octanol–water partition coefficient (Wildman–Crippen LogP) is 3.95. The maximum Gasteiger partial charge on any atom is 0.248 e. The highest BCUT2D eigenvalue weighted by Crippen LogP contribution is 2.30. The average Bonchev–Trinajstić information content (AvgIpc) is 2.67. The quantitative estimate of drug-likeness (QED) is 0.749. The van der Waals surface area contributed by atoms with Gasteiger partial charge in [0.25, 0.3) is 0 Å². The highest BCUT2D eigenvalue weighted by Gasteiger charge is 2.16. The zero-order valence-corrected chi connectivity index (χ0v) is 16.2. The van der Waals surface area contributed by atoms with Gasteiger partial charge in [-0.2, -0.15) is 0 Å². The van der Waals surface area contributed by atoms with Crippen molar-refractivity contribution in [2.75, 3.05) is 43.6 Å². The van der Waals surface area contributed by atoms with E-state index in [1.54, 1.807) is 13.2 Å². The van der Waals surface area contributed by atoms with Gasteiger partial charge in [0.2, 0.25) is 5.91 Å². The van der Waals surface area contributed by atoms with Crippen molar-refractivity contribution in [1.29, 1.82) is 0 Å². The largest absolute Gasteiger partial charge is 0.497 e. The summed E-state index contributed by atoms with van der Waals surface area (Å²) in [7, 11) is 1.62. The van der Waals surface area contributed by atoms with Crippen LogP contribution in [0.3, 0.4) is 0 Å². The van der Waals surface area contributed by atoms with E-state index in [1.165, 1.54) is 6.08 Å². The Bertz CT molecular complexity index is 801. The molecule has 0 saturated carbocycles. The Balaban J connectivity index is 1.73. The van der Waals surface area contributed by atoms with Crippen LogP contribution in [0.2, 0.25) is 0 Å². The van der Waals surface area contributed by atoms with Gasteiger partial charge in [0, 0.05) is 23.6 Å². The number of methoxy groups -OCH3 is 1. The molecule has 0 aromatic heterocycles. The molecule has 0 radical (unpaired) electrons. The van der Waals surface area contributed by atoms with Crippen LogP contribution in [-0.4, -0.2) is 39.3 Å². The summed E-state index contributed by atoms with van der Waals surface area (Å²) >= 11 is 3.48. The molecule has 136 valence electrons. The van der Waals surface area contributed by atoms with Crippen molar-refractivity contribution in [2.24, 2.45) is 0 Å². The van der Waals surface area contributed by atoms with Crippen LogP contribution in [0.15, 0.2) is 53.0 Å². The normalized spacial score (nSPS) is 14.5. The minimum Gasteiger partial charge on any atom is -0.497 e. The van der Waals surface area contributed by atoms with Gasteiger partial charge in [-0.05, 0) is 42.0 Å². The van der Waals surface area contributed by atoms with Gasteiger partial charge in [0.15, 0.2) is 0 Å². The van der Waals surface area contributed by atoms with Crippen molar-refractivity contribution in [3.05, 3.63) is 58.6 Å². The third kappa shape index (κ3) is 4.86. The highest BCUT2D eigenvalue weighted by molar-refractivity contribution is 9.10. The minimum atomic E-state index is -0.180. The van der Waals surface area contributed by atoms with E-state index in [0.29, 0.717) is 13.2 Å². The zero-order valence-electron chi connectivity index (χ0n) is 14.6. The molecule has 1 N–H and O–H groups in total. The molecule has 6 heteroatoms. The van der Waals surface area contributed by atoms with Gasteiger partial charge in [-0.15, -0.1) is 0 Å². The van der Waals surface area contributed by atoms with Crippen LogP contribution in [0.25, 0.3) is 6.08 Å². The van der Waals surface area contributed by atoms with Crippen LogP contribution in [0, 0.1) is 0 Å². The number of halogens is 1. The number of nitrogens with zero attached hydrogens (tertiary/aromatic N) is 1. The van der Waals surface area contributed by atoms with Crippen molar-refractivity contribution >= 4 is 39.3 Å². The van der Waals surface area contributed by atoms with Crippen LogP contribution in [0.1, 0.15) is 5.56 Å². The molecule has 0 aliphatic carbocycles. The van der Waals surface area contributed by atoms with E-state index >= 15 is 0 Å². The Morgan fingerprint density at radius 2 is 2.04 bits per heavy atom. The molecule has 1 saturated heterocycles. The molecule has 1 heterocycles. The molecular formula is C20H21BrN2O3. The fourth-order valence-electron chi connectivity index (χ4n) is 2.78. The first-order valence-electron chi connectivity index (χ1n) is 8.41. The Morgan fingerprint density at radius 3 is 2.81 bits per heavy atom. The van der Waals surface area contributed by atoms with Gasteiger partial charge in [-0.3, -0.25) is 4.79 Å². The average molecular weight is 417 g/mol. The number of hydrogen-bond acceptors (Lipinski definition) is 4. The topological polar surface area (TPSA) is 50.8 Å². The number of anilines is 2. The third-order valence-electron chi connectivity index (χ3n) is 4.09. The minimum absolute atomic E-state index is 0.180. The Hall–Kier alpha value is -2.31. The molecule has 3 rings (SSSR count). The van der Waals surface area contributed by atoms with Crippen molar-refractivity contribution in [3.63, 3.8) is 0 Å². The van der Waals surface area contributed by atoms with E-state index < -0.39 is 0 Å². The van der Waals surface area contributed by atoms with Crippen LogP contribution in [-0.2, 0) is 9.53 Å². The molecule has 2 aromatic rings. The Morgan fingerprint density at radius 1 is 1.23 bits per heavy atom. The van der Waals surface area contributed by atoms with E-state index in [1.807, 2.05) is 42.5 Å². The number of benzene rings is 2. The van der Waals surface area contributed by atoms with Crippen LogP contribution in [0.5, 0.6) is 5.75 Å². The summed E-state index contributed by atoms with van der Waals surface area (Å²) in [6.45, 7) is 3.01. The highest BCUT2D eigenvalue weighted by atomic mass is 79.9. The Kier molecular flexibility index (Phi) is 6.30. The SMILES string of the molecule is COc1cccc(/C=C/C(=O)Nc2cc(Br)ccc2N2CCOCC2)c1. The lowest BCUT2D eigenvalue weighted by Crippen LogP contribution is -2.36. The summed E-state index contributed by atoms with van der Waals surface area (Å²) in [4.78, 5) is 14.6. The molecule has 0 atom stereocenters. The monoisotopic (exact) mass is 416 g/mol. The number of ether oxygens (including phenoxy) is 2. The smallest absolute Gasteiger partial charge is 0.248 e. The summed E-state index contributed by atoms with van der Waals surface area (Å²) in [5.74, 6) is 0.578. The molecule has 26 heavy (non-hydrogen) atoms. The number of morpholine rings is 1. The van der Waals surface area contributed by atoms with E-state index in [2.05, 4.69) is 26.1 Å². The van der Waals surface area contributed by atoms with Crippen molar-refractivity contribution < 1.29 is 14.3 Å². The summed E-state index contributed by atoms with van der Waals surface area (Å²) < 4.78 is 11.5. The lowest BCUT2D eigenvalue weighted by molar-refractivity contribution is -0.111. The second-order valence-corrected chi connectivity index (χ2v) is 6.78. The lowest BCUT2D eigenvalue weighted by Gasteiger charge is -2.30. The van der Waals surface area contributed by atoms with Gasteiger partial charge in [0.1, 0.15) is 5.75 Å². The molecule has 1 aliphatic heterocycles. The second-order valence-electron chi connectivity index (χ2n) is 5.86. The molecule has 0 bridgehead atoms. The van der Waals surface area contributed by atoms with Gasteiger partial charge < -0.3 is 19.7 Å². The van der Waals surface area contributed by atoms with Crippen LogP contribution >= 0.6 is 15.9 Å². The van der Waals surface area contributed by atoms with Gasteiger partial charge in [-0.1, -0.05) is 28.1 Å². The number of rotatable bonds is 5. The molecule has 1 amide bonds. The number of hydrogen-bond donors (Lipinski definition) is 1. The molecule has 0 unspecified atom stereocenters. The number of nitrogens with one attached hydrogen (secondary N) is 1. The zero-order chi connectivity index (χ0) is 18.4. The molecule has 2 aromatic carbocycles. The number of amides is 1. The number of carbonyl (C=O) groups excluding carboxylic acids is 1. The first-order valence-corrected chi connectivity index (χ1v) is 9.20. The molecule has 1 fully saturated rings. The van der Waals surface area contributed by atoms with Crippen LogP contribution in [0.4, 0.5) is 11.4 Å². The first kappa shape index (κ1) is 18.5. The fraction of sp³-hybridized carbons (Fsp3) is 0.250. The molecular weight excluding hydrogens is 396 g/mol. The maximum absolute atomic E-state index is 12.4. The number of carbonyl (C=O) groups is 1. The second kappa shape index (κ2) is 8.87. The van der Waals surface area contributed by atoms with Crippen molar-refractivity contribution in [2.45, 2.75) is 0 Å². The van der Waals surface area contributed by atoms with E-state index in [4.69, 9.17) is 9.47 Å². The van der Waals surface area contributed by atoms with Gasteiger partial charge in [-0.25, -0.2) is 0 Å². The van der Waals surface area contributed by atoms with E-state index in [9.17, 15) is 4.79 Å². The molecule has 5 nitrogen and oxygen atoms in total. The van der Waals surface area contributed by atoms with E-state index in [0.717, 1.165) is 40.2 Å². The predicted molar refractivity (Wildman–Crippen MR) is 108 cm³/mol.